The van der Waals surface area contributed by atoms with Crippen molar-refractivity contribution < 1.29 is 0 Å². The van der Waals surface area contributed by atoms with Crippen LogP contribution in [-0.4, -0.2) is 13.1 Å². The first kappa shape index (κ1) is 10.2. The van der Waals surface area contributed by atoms with Crippen LogP contribution in [0.25, 0.3) is 0 Å². The van der Waals surface area contributed by atoms with E-state index in [2.05, 4.69) is 59.4 Å². The lowest BCUT2D eigenvalue weighted by Gasteiger charge is -2.26. The van der Waals surface area contributed by atoms with E-state index in [1.807, 2.05) is 0 Å². The summed E-state index contributed by atoms with van der Waals surface area (Å²) >= 11 is 3.47. The summed E-state index contributed by atoms with van der Waals surface area (Å²) in [6.45, 7) is 6.89. The highest BCUT2D eigenvalue weighted by Gasteiger charge is 2.35. The Labute approximate surface area is 94.0 Å². The van der Waals surface area contributed by atoms with E-state index in [1.165, 1.54) is 5.56 Å². The van der Waals surface area contributed by atoms with Gasteiger partial charge < -0.3 is 5.32 Å². The van der Waals surface area contributed by atoms with Crippen LogP contribution in [0.5, 0.6) is 0 Å². The molecule has 0 aromatic heterocycles. The van der Waals surface area contributed by atoms with Crippen LogP contribution < -0.4 is 5.32 Å². The third kappa shape index (κ3) is 1.86. The van der Waals surface area contributed by atoms with Crippen LogP contribution in [0.15, 0.2) is 28.7 Å². The summed E-state index contributed by atoms with van der Waals surface area (Å²) < 4.78 is 1.16. The number of halogens is 1. The Bertz CT molecular complexity index is 316. The molecule has 0 spiro atoms. The first-order valence-electron chi connectivity index (χ1n) is 5.06. The highest BCUT2D eigenvalue weighted by atomic mass is 79.9. The van der Waals surface area contributed by atoms with Gasteiger partial charge in [0.15, 0.2) is 0 Å². The molecule has 0 radical (unpaired) electrons. The number of benzene rings is 1. The van der Waals surface area contributed by atoms with Gasteiger partial charge in [-0.05, 0) is 23.1 Å². The fraction of sp³-hybridized carbons (Fsp3) is 0.500. The smallest absolute Gasteiger partial charge is 0.0175 e. The van der Waals surface area contributed by atoms with Crippen molar-refractivity contribution in [1.29, 1.82) is 0 Å². The minimum Gasteiger partial charge on any atom is -0.316 e. The Morgan fingerprint density at radius 2 is 1.93 bits per heavy atom. The van der Waals surface area contributed by atoms with Gasteiger partial charge in [0.1, 0.15) is 0 Å². The normalized spacial score (nSPS) is 25.2. The van der Waals surface area contributed by atoms with Gasteiger partial charge in [0, 0.05) is 23.5 Å². The van der Waals surface area contributed by atoms with Crippen LogP contribution in [0.3, 0.4) is 0 Å². The zero-order valence-corrected chi connectivity index (χ0v) is 10.3. The minimum absolute atomic E-state index is 0.383. The number of hydrogen-bond acceptors (Lipinski definition) is 1. The molecule has 1 fully saturated rings. The van der Waals surface area contributed by atoms with Gasteiger partial charge in [0.05, 0.1) is 0 Å². The van der Waals surface area contributed by atoms with Gasteiger partial charge in [-0.1, -0.05) is 41.9 Å². The average Bonchev–Trinajstić information content (AvgIpc) is 2.47. The maximum Gasteiger partial charge on any atom is 0.0175 e. The van der Waals surface area contributed by atoms with Crippen LogP contribution in [0, 0.1) is 5.41 Å². The molecular formula is C12H16BrN. The Balaban J connectivity index is 2.27. The van der Waals surface area contributed by atoms with Gasteiger partial charge in [-0.25, -0.2) is 0 Å². The van der Waals surface area contributed by atoms with E-state index in [0.29, 0.717) is 11.3 Å². The lowest BCUT2D eigenvalue weighted by Crippen LogP contribution is -2.20. The van der Waals surface area contributed by atoms with Crippen molar-refractivity contribution in [3.63, 3.8) is 0 Å². The molecule has 1 heterocycles. The molecular weight excluding hydrogens is 238 g/mol. The molecule has 1 aromatic rings. The number of nitrogens with one attached hydrogen (secondary N) is 1. The Hall–Kier alpha value is -0.340. The van der Waals surface area contributed by atoms with Crippen molar-refractivity contribution in [2.45, 2.75) is 19.8 Å². The van der Waals surface area contributed by atoms with E-state index in [4.69, 9.17) is 0 Å². The van der Waals surface area contributed by atoms with Gasteiger partial charge in [-0.15, -0.1) is 0 Å². The summed E-state index contributed by atoms with van der Waals surface area (Å²) in [5, 5.41) is 3.46. The Kier molecular flexibility index (Phi) is 2.67. The second-order valence-corrected chi connectivity index (χ2v) is 5.64. The zero-order valence-electron chi connectivity index (χ0n) is 8.68. The molecule has 0 bridgehead atoms. The first-order valence-corrected chi connectivity index (χ1v) is 5.85. The summed E-state index contributed by atoms with van der Waals surface area (Å²) in [5.74, 6) is 0.649. The monoisotopic (exact) mass is 253 g/mol. The number of hydrogen-bond donors (Lipinski definition) is 1. The maximum atomic E-state index is 3.47. The average molecular weight is 254 g/mol. The summed E-state index contributed by atoms with van der Waals surface area (Å²) in [6.07, 6.45) is 0. The molecule has 2 rings (SSSR count). The highest BCUT2D eigenvalue weighted by Crippen LogP contribution is 2.38. The van der Waals surface area contributed by atoms with E-state index in [-0.39, 0.29) is 0 Å². The lowest BCUT2D eigenvalue weighted by atomic mass is 9.78. The molecule has 0 aliphatic carbocycles. The van der Waals surface area contributed by atoms with Gasteiger partial charge in [-0.2, -0.15) is 0 Å². The lowest BCUT2D eigenvalue weighted by molar-refractivity contribution is 0.363. The van der Waals surface area contributed by atoms with Gasteiger partial charge in [-0.3, -0.25) is 0 Å². The van der Waals surface area contributed by atoms with Crippen molar-refractivity contribution in [3.05, 3.63) is 34.3 Å². The molecule has 14 heavy (non-hydrogen) atoms. The maximum absolute atomic E-state index is 3.47. The van der Waals surface area contributed by atoms with Gasteiger partial charge in [0.25, 0.3) is 0 Å². The molecule has 1 saturated heterocycles. The largest absolute Gasteiger partial charge is 0.316 e. The third-order valence-electron chi connectivity index (χ3n) is 3.14. The van der Waals surface area contributed by atoms with Gasteiger partial charge >= 0.3 is 0 Å². The molecule has 1 N–H and O–H groups in total. The predicted octanol–water partition coefficient (Wildman–Crippen LogP) is 3.16. The predicted molar refractivity (Wildman–Crippen MR) is 63.5 cm³/mol. The fourth-order valence-electron chi connectivity index (χ4n) is 2.20. The molecule has 76 valence electrons. The molecule has 0 unspecified atom stereocenters. The van der Waals surface area contributed by atoms with Crippen molar-refractivity contribution in [2.24, 2.45) is 5.41 Å². The summed E-state index contributed by atoms with van der Waals surface area (Å²) in [7, 11) is 0. The first-order chi connectivity index (χ1) is 6.59. The van der Waals surface area contributed by atoms with E-state index < -0.39 is 0 Å². The number of rotatable bonds is 1. The van der Waals surface area contributed by atoms with E-state index in [0.717, 1.165) is 17.6 Å². The van der Waals surface area contributed by atoms with Crippen LogP contribution >= 0.6 is 15.9 Å². The van der Waals surface area contributed by atoms with Gasteiger partial charge in [0.2, 0.25) is 0 Å². The molecule has 1 aliphatic rings. The molecule has 1 atom stereocenters. The van der Waals surface area contributed by atoms with Crippen LogP contribution in [0.2, 0.25) is 0 Å². The highest BCUT2D eigenvalue weighted by molar-refractivity contribution is 9.10. The van der Waals surface area contributed by atoms with Crippen molar-refractivity contribution >= 4 is 15.9 Å². The van der Waals surface area contributed by atoms with E-state index in [9.17, 15) is 0 Å². The summed E-state index contributed by atoms with van der Waals surface area (Å²) in [6, 6.07) is 8.71. The van der Waals surface area contributed by atoms with E-state index in [1.54, 1.807) is 0 Å². The molecule has 2 heteroatoms. The molecule has 0 saturated carbocycles. The Morgan fingerprint density at radius 1 is 1.29 bits per heavy atom. The van der Waals surface area contributed by atoms with Crippen LogP contribution in [-0.2, 0) is 0 Å². The molecule has 1 aromatic carbocycles. The second kappa shape index (κ2) is 3.67. The third-order valence-corrected chi connectivity index (χ3v) is 3.67. The molecule has 1 nitrogen and oxygen atoms in total. The Morgan fingerprint density at radius 3 is 2.43 bits per heavy atom. The van der Waals surface area contributed by atoms with Crippen LogP contribution in [0.4, 0.5) is 0 Å². The zero-order chi connectivity index (χ0) is 10.2. The topological polar surface area (TPSA) is 12.0 Å². The van der Waals surface area contributed by atoms with Crippen molar-refractivity contribution in [2.75, 3.05) is 13.1 Å². The van der Waals surface area contributed by atoms with Crippen molar-refractivity contribution in [3.8, 4) is 0 Å². The SMILES string of the molecule is CC1(C)CNC[C@@H]1c1ccc(Br)cc1. The van der Waals surface area contributed by atoms with Crippen LogP contribution in [0.1, 0.15) is 25.3 Å². The quantitative estimate of drug-likeness (QED) is 0.811. The second-order valence-electron chi connectivity index (χ2n) is 4.72. The standard InChI is InChI=1S/C12H16BrN/c1-12(2)8-14-7-11(12)9-3-5-10(13)6-4-9/h3-6,11,14H,7-8H2,1-2H3/t11-/m1/s1. The summed E-state index contributed by atoms with van der Waals surface area (Å²) in [5.41, 5.74) is 1.83. The minimum atomic E-state index is 0.383. The molecule has 0 amide bonds. The summed E-state index contributed by atoms with van der Waals surface area (Å²) in [4.78, 5) is 0. The van der Waals surface area contributed by atoms with E-state index >= 15 is 0 Å². The van der Waals surface area contributed by atoms with Crippen molar-refractivity contribution in [1.82, 2.24) is 5.32 Å². The fourth-order valence-corrected chi connectivity index (χ4v) is 2.47. The molecule has 1 aliphatic heterocycles.